The molecule has 0 aliphatic carbocycles. The van der Waals surface area contributed by atoms with Crippen molar-refractivity contribution in [1.82, 2.24) is 20.3 Å². The van der Waals surface area contributed by atoms with E-state index >= 15 is 0 Å². The van der Waals surface area contributed by atoms with Gasteiger partial charge >= 0.3 is 5.97 Å². The number of methoxy groups -OCH3 is 1. The Morgan fingerprint density at radius 3 is 2.42 bits per heavy atom. The van der Waals surface area contributed by atoms with Crippen LogP contribution >= 0.6 is 0 Å². The Morgan fingerprint density at radius 1 is 1.31 bits per heavy atom. The van der Waals surface area contributed by atoms with Gasteiger partial charge in [0.1, 0.15) is 5.75 Å². The number of carbonyl (C=O) groups is 2. The number of rotatable bonds is 7. The summed E-state index contributed by atoms with van der Waals surface area (Å²) in [5, 5.41) is 20.0. The average Bonchev–Trinajstić information content (AvgIpc) is 2.95. The largest absolute Gasteiger partial charge is 0.497 e. The summed E-state index contributed by atoms with van der Waals surface area (Å²) in [6, 6.07) is 7.20. The summed E-state index contributed by atoms with van der Waals surface area (Å²) >= 11 is 0. The van der Waals surface area contributed by atoms with Crippen molar-refractivity contribution in [2.45, 2.75) is 39.7 Å². The minimum atomic E-state index is -0.972. The molecule has 0 radical (unpaired) electrons. The highest BCUT2D eigenvalue weighted by Crippen LogP contribution is 2.22. The fraction of sp³-hybridized carbons (Fsp3) is 0.444. The number of aliphatic carboxylic acids is 1. The van der Waals surface area contributed by atoms with Crippen LogP contribution in [0.25, 0.3) is 5.69 Å². The van der Waals surface area contributed by atoms with Gasteiger partial charge in [0, 0.05) is 0 Å². The van der Waals surface area contributed by atoms with E-state index in [1.165, 1.54) is 0 Å². The minimum absolute atomic E-state index is 0.0699. The number of hydrogen-bond donors (Lipinski definition) is 2. The van der Waals surface area contributed by atoms with Crippen molar-refractivity contribution in [3.63, 3.8) is 0 Å². The topological polar surface area (TPSA) is 106 Å². The maximum Gasteiger partial charge on any atom is 0.305 e. The Hall–Kier alpha value is -2.90. The first-order valence-corrected chi connectivity index (χ1v) is 8.29. The smallest absolute Gasteiger partial charge is 0.305 e. The second-order valence-corrected chi connectivity index (χ2v) is 6.73. The molecule has 1 aromatic heterocycles. The Morgan fingerprint density at radius 2 is 1.92 bits per heavy atom. The van der Waals surface area contributed by atoms with Gasteiger partial charge in [-0.25, -0.2) is 4.68 Å². The monoisotopic (exact) mass is 360 g/mol. The standard InChI is InChI=1S/C18H24N4O4/c1-11(2)18(4,10-15(23)24)19-17(25)16-12(3)22(21-20-16)13-6-8-14(26-5)9-7-13/h6-9,11H,10H2,1-5H3,(H,19,25)(H,23,24). The number of hydrogen-bond acceptors (Lipinski definition) is 5. The molecular formula is C18H24N4O4. The van der Waals surface area contributed by atoms with Gasteiger partial charge in [-0.05, 0) is 44.0 Å². The summed E-state index contributed by atoms with van der Waals surface area (Å²) in [5.41, 5.74) is 0.582. The number of benzene rings is 1. The van der Waals surface area contributed by atoms with E-state index in [4.69, 9.17) is 9.84 Å². The van der Waals surface area contributed by atoms with E-state index in [2.05, 4.69) is 15.6 Å². The molecule has 0 spiro atoms. The number of amides is 1. The third kappa shape index (κ3) is 4.01. The number of carboxylic acids is 1. The third-order valence-electron chi connectivity index (χ3n) is 4.62. The van der Waals surface area contributed by atoms with Crippen LogP contribution in [0.15, 0.2) is 24.3 Å². The average molecular weight is 360 g/mol. The molecule has 1 heterocycles. The van der Waals surface area contributed by atoms with E-state index in [0.717, 1.165) is 5.69 Å². The lowest BCUT2D eigenvalue weighted by atomic mass is 9.85. The Kier molecular flexibility index (Phi) is 5.64. The van der Waals surface area contributed by atoms with E-state index < -0.39 is 17.4 Å². The molecule has 1 aromatic carbocycles. The molecule has 0 saturated carbocycles. The maximum absolute atomic E-state index is 12.7. The first-order valence-electron chi connectivity index (χ1n) is 8.29. The predicted molar refractivity (Wildman–Crippen MR) is 95.6 cm³/mol. The van der Waals surface area contributed by atoms with Crippen molar-refractivity contribution in [3.05, 3.63) is 35.7 Å². The van der Waals surface area contributed by atoms with Crippen LogP contribution in [-0.2, 0) is 4.79 Å². The highest BCUT2D eigenvalue weighted by atomic mass is 16.5. The summed E-state index contributed by atoms with van der Waals surface area (Å²) in [7, 11) is 1.58. The molecule has 2 N–H and O–H groups in total. The maximum atomic E-state index is 12.7. The molecule has 2 aromatic rings. The van der Waals surface area contributed by atoms with Crippen LogP contribution in [0.3, 0.4) is 0 Å². The molecule has 0 saturated heterocycles. The molecule has 8 heteroatoms. The van der Waals surface area contributed by atoms with E-state index in [1.54, 1.807) is 37.8 Å². The van der Waals surface area contributed by atoms with Crippen LogP contribution in [-0.4, -0.2) is 44.6 Å². The Balaban J connectivity index is 2.27. The fourth-order valence-electron chi connectivity index (χ4n) is 2.53. The molecule has 0 aliphatic rings. The molecule has 0 fully saturated rings. The molecule has 1 amide bonds. The zero-order valence-electron chi connectivity index (χ0n) is 15.6. The van der Waals surface area contributed by atoms with Crippen molar-refractivity contribution in [2.75, 3.05) is 7.11 Å². The first-order chi connectivity index (χ1) is 12.2. The summed E-state index contributed by atoms with van der Waals surface area (Å²) in [6.07, 6.45) is -0.179. The van der Waals surface area contributed by atoms with Gasteiger partial charge in [0.2, 0.25) is 0 Å². The first kappa shape index (κ1) is 19.4. The van der Waals surface area contributed by atoms with Crippen molar-refractivity contribution >= 4 is 11.9 Å². The minimum Gasteiger partial charge on any atom is -0.497 e. The van der Waals surface area contributed by atoms with Crippen LogP contribution in [0.5, 0.6) is 5.75 Å². The quantitative estimate of drug-likeness (QED) is 0.784. The van der Waals surface area contributed by atoms with Crippen LogP contribution in [0.2, 0.25) is 0 Å². The van der Waals surface area contributed by atoms with Gasteiger partial charge in [-0.15, -0.1) is 5.10 Å². The zero-order chi connectivity index (χ0) is 19.5. The van der Waals surface area contributed by atoms with E-state index in [0.29, 0.717) is 11.4 Å². The Bertz CT molecular complexity index is 798. The second-order valence-electron chi connectivity index (χ2n) is 6.73. The summed E-state index contributed by atoms with van der Waals surface area (Å²) in [6.45, 7) is 7.19. The van der Waals surface area contributed by atoms with Crippen LogP contribution in [0.1, 0.15) is 43.4 Å². The highest BCUT2D eigenvalue weighted by Gasteiger charge is 2.34. The van der Waals surface area contributed by atoms with Gasteiger partial charge < -0.3 is 15.2 Å². The molecule has 2 rings (SSSR count). The molecule has 8 nitrogen and oxygen atoms in total. The number of ether oxygens (including phenoxy) is 1. The van der Waals surface area contributed by atoms with Crippen molar-refractivity contribution in [2.24, 2.45) is 5.92 Å². The van der Waals surface area contributed by atoms with E-state index in [1.807, 2.05) is 26.0 Å². The number of nitrogens with zero attached hydrogens (tertiary/aromatic N) is 3. The number of nitrogens with one attached hydrogen (secondary N) is 1. The van der Waals surface area contributed by atoms with Crippen LogP contribution in [0, 0.1) is 12.8 Å². The highest BCUT2D eigenvalue weighted by molar-refractivity contribution is 5.94. The lowest BCUT2D eigenvalue weighted by molar-refractivity contribution is -0.138. The molecular weight excluding hydrogens is 336 g/mol. The summed E-state index contributed by atoms with van der Waals surface area (Å²) in [4.78, 5) is 23.8. The van der Waals surface area contributed by atoms with Gasteiger partial charge in [0.15, 0.2) is 5.69 Å². The number of carbonyl (C=O) groups excluding carboxylic acids is 1. The summed E-state index contributed by atoms with van der Waals surface area (Å²) < 4.78 is 6.68. The molecule has 1 atom stereocenters. The zero-order valence-corrected chi connectivity index (χ0v) is 15.6. The van der Waals surface area contributed by atoms with E-state index in [9.17, 15) is 9.59 Å². The van der Waals surface area contributed by atoms with Gasteiger partial charge in [0.05, 0.1) is 30.5 Å². The van der Waals surface area contributed by atoms with Gasteiger partial charge in [-0.2, -0.15) is 0 Å². The van der Waals surface area contributed by atoms with Gasteiger partial charge in [0.25, 0.3) is 5.91 Å². The lowest BCUT2D eigenvalue weighted by Gasteiger charge is -2.33. The number of aromatic nitrogens is 3. The number of carboxylic acid groups (broad SMARTS) is 1. The lowest BCUT2D eigenvalue weighted by Crippen LogP contribution is -2.51. The molecule has 0 aliphatic heterocycles. The normalized spacial score (nSPS) is 13.3. The van der Waals surface area contributed by atoms with Crippen molar-refractivity contribution < 1.29 is 19.4 Å². The van der Waals surface area contributed by atoms with E-state index in [-0.39, 0.29) is 18.0 Å². The fourth-order valence-corrected chi connectivity index (χ4v) is 2.53. The van der Waals surface area contributed by atoms with Gasteiger partial charge in [-0.3, -0.25) is 9.59 Å². The molecule has 1 unspecified atom stereocenters. The SMILES string of the molecule is COc1ccc(-n2nnc(C(=O)NC(C)(CC(=O)O)C(C)C)c2C)cc1. The molecule has 140 valence electrons. The van der Waals surface area contributed by atoms with Crippen LogP contribution in [0.4, 0.5) is 0 Å². The molecule has 0 bridgehead atoms. The predicted octanol–water partition coefficient (Wildman–Crippen LogP) is 2.20. The Labute approximate surface area is 152 Å². The molecule has 26 heavy (non-hydrogen) atoms. The third-order valence-corrected chi connectivity index (χ3v) is 4.62. The van der Waals surface area contributed by atoms with Crippen molar-refractivity contribution in [3.8, 4) is 11.4 Å². The van der Waals surface area contributed by atoms with Crippen molar-refractivity contribution in [1.29, 1.82) is 0 Å². The van der Waals surface area contributed by atoms with Crippen LogP contribution < -0.4 is 10.1 Å². The second kappa shape index (κ2) is 7.55. The van der Waals surface area contributed by atoms with Gasteiger partial charge in [-0.1, -0.05) is 19.1 Å². The summed E-state index contributed by atoms with van der Waals surface area (Å²) in [5.74, 6) is -0.773.